The Morgan fingerprint density at radius 2 is 2.14 bits per heavy atom. The fourth-order valence-electron chi connectivity index (χ4n) is 2.84. The lowest BCUT2D eigenvalue weighted by Crippen LogP contribution is -2.24. The molecule has 0 saturated carbocycles. The Bertz CT molecular complexity index is 683. The molecule has 1 aromatic carbocycles. The smallest absolute Gasteiger partial charge is 0.193 e. The Morgan fingerprint density at radius 3 is 2.91 bits per heavy atom. The van der Waals surface area contributed by atoms with Crippen molar-refractivity contribution < 1.29 is 0 Å². The van der Waals surface area contributed by atoms with Gasteiger partial charge in [0, 0.05) is 10.6 Å². The van der Waals surface area contributed by atoms with E-state index in [-0.39, 0.29) is 0 Å². The van der Waals surface area contributed by atoms with E-state index in [2.05, 4.69) is 40.4 Å². The van der Waals surface area contributed by atoms with Gasteiger partial charge < -0.3 is 11.1 Å². The van der Waals surface area contributed by atoms with Gasteiger partial charge in [-0.1, -0.05) is 12.1 Å². The van der Waals surface area contributed by atoms with Crippen molar-refractivity contribution in [2.24, 2.45) is 10.7 Å². The summed E-state index contributed by atoms with van der Waals surface area (Å²) in [7, 11) is 0. The normalized spacial score (nSPS) is 14.7. The molecule has 0 fully saturated rings. The molecular weight excluding hydrogens is 292 g/mol. The van der Waals surface area contributed by atoms with Gasteiger partial charge in [-0.15, -0.1) is 11.3 Å². The maximum atomic E-state index is 6.05. The van der Waals surface area contributed by atoms with E-state index in [1.165, 1.54) is 35.3 Å². The summed E-state index contributed by atoms with van der Waals surface area (Å²) >= 11 is 1.68. The molecule has 0 spiro atoms. The molecule has 0 atom stereocenters. The van der Waals surface area contributed by atoms with Gasteiger partial charge in [0.25, 0.3) is 0 Å². The third-order valence-corrected chi connectivity index (χ3v) is 5.17. The van der Waals surface area contributed by atoms with E-state index in [0.717, 1.165) is 22.8 Å². The number of nitrogens with one attached hydrogen (secondary N) is 1. The Balaban J connectivity index is 1.71. The van der Waals surface area contributed by atoms with Crippen LogP contribution in [0.2, 0.25) is 0 Å². The summed E-state index contributed by atoms with van der Waals surface area (Å²) in [6.07, 6.45) is 4.82. The lowest BCUT2D eigenvalue weighted by molar-refractivity contribution is 0.687. The molecule has 116 valence electrons. The number of aromatic nitrogens is 1. The number of rotatable bonds is 3. The largest absolute Gasteiger partial charge is 0.370 e. The first-order valence-electron chi connectivity index (χ1n) is 7.74. The average molecular weight is 314 g/mol. The van der Waals surface area contributed by atoms with Crippen LogP contribution in [0.1, 0.15) is 39.5 Å². The molecule has 1 aliphatic rings. The molecule has 4 nitrogen and oxygen atoms in total. The lowest BCUT2D eigenvalue weighted by atomic mass is 9.90. The summed E-state index contributed by atoms with van der Waals surface area (Å²) in [6.45, 7) is 4.64. The van der Waals surface area contributed by atoms with E-state index in [4.69, 9.17) is 5.73 Å². The number of hydrogen-bond donors (Lipinski definition) is 2. The minimum Gasteiger partial charge on any atom is -0.370 e. The molecule has 2 aromatic rings. The summed E-state index contributed by atoms with van der Waals surface area (Å²) in [4.78, 5) is 10.2. The second-order valence-electron chi connectivity index (χ2n) is 5.73. The highest BCUT2D eigenvalue weighted by Crippen LogP contribution is 2.27. The van der Waals surface area contributed by atoms with Gasteiger partial charge in [0.15, 0.2) is 5.96 Å². The number of nitrogens with zero attached hydrogens (tertiary/aromatic N) is 2. The predicted molar refractivity (Wildman–Crippen MR) is 93.6 cm³/mol. The number of fused-ring (bicyclic) bond motifs is 1. The first kappa shape index (κ1) is 15.0. The molecule has 0 radical (unpaired) electrons. The first-order valence-corrected chi connectivity index (χ1v) is 8.56. The summed E-state index contributed by atoms with van der Waals surface area (Å²) < 4.78 is 0. The summed E-state index contributed by atoms with van der Waals surface area (Å²) in [5.74, 6) is 0.462. The molecule has 0 amide bonds. The Kier molecular flexibility index (Phi) is 4.43. The van der Waals surface area contributed by atoms with Gasteiger partial charge in [-0.25, -0.2) is 9.98 Å². The van der Waals surface area contributed by atoms with Crippen molar-refractivity contribution in [2.75, 3.05) is 5.32 Å². The van der Waals surface area contributed by atoms with Gasteiger partial charge in [0.1, 0.15) is 5.01 Å². The zero-order valence-corrected chi connectivity index (χ0v) is 14.0. The van der Waals surface area contributed by atoms with Gasteiger partial charge in [-0.2, -0.15) is 0 Å². The van der Waals surface area contributed by atoms with Crippen molar-refractivity contribution in [2.45, 2.75) is 46.1 Å². The highest BCUT2D eigenvalue weighted by molar-refractivity contribution is 7.11. The van der Waals surface area contributed by atoms with Crippen LogP contribution in [0.25, 0.3) is 0 Å². The maximum absolute atomic E-state index is 6.05. The molecule has 0 aliphatic heterocycles. The number of anilines is 1. The third kappa shape index (κ3) is 3.30. The predicted octanol–water partition coefficient (Wildman–Crippen LogP) is 3.57. The second kappa shape index (κ2) is 6.48. The zero-order valence-electron chi connectivity index (χ0n) is 13.1. The second-order valence-corrected chi connectivity index (χ2v) is 7.01. The van der Waals surface area contributed by atoms with Crippen molar-refractivity contribution in [3.05, 3.63) is 44.9 Å². The van der Waals surface area contributed by atoms with Gasteiger partial charge in [0.2, 0.25) is 0 Å². The molecule has 1 heterocycles. The van der Waals surface area contributed by atoms with Crippen molar-refractivity contribution >= 4 is 23.0 Å². The Labute approximate surface area is 135 Å². The molecule has 1 aliphatic carbocycles. The Hall–Kier alpha value is -1.88. The molecule has 0 unspecified atom stereocenters. The number of nitrogens with two attached hydrogens (primary N) is 1. The fourth-order valence-corrected chi connectivity index (χ4v) is 3.69. The van der Waals surface area contributed by atoms with Crippen molar-refractivity contribution in [1.82, 2.24) is 4.98 Å². The number of benzene rings is 1. The number of guanidine groups is 1. The van der Waals surface area contributed by atoms with Crippen LogP contribution in [0.4, 0.5) is 5.69 Å². The highest BCUT2D eigenvalue weighted by Gasteiger charge is 2.13. The van der Waals surface area contributed by atoms with Crippen LogP contribution in [0.15, 0.2) is 23.2 Å². The van der Waals surface area contributed by atoms with Gasteiger partial charge in [-0.3, -0.25) is 0 Å². The van der Waals surface area contributed by atoms with Crippen LogP contribution in [-0.2, 0) is 19.4 Å². The van der Waals surface area contributed by atoms with Crippen LogP contribution in [0.5, 0.6) is 0 Å². The molecule has 0 bridgehead atoms. The first-order chi connectivity index (χ1) is 10.6. The zero-order chi connectivity index (χ0) is 15.5. The van der Waals surface area contributed by atoms with E-state index < -0.39 is 0 Å². The third-order valence-electron chi connectivity index (χ3n) is 4.12. The molecular formula is C17H22N4S. The van der Waals surface area contributed by atoms with Crippen molar-refractivity contribution in [1.29, 1.82) is 0 Å². The minimum absolute atomic E-state index is 0.462. The van der Waals surface area contributed by atoms with Crippen LogP contribution in [-0.4, -0.2) is 10.9 Å². The topological polar surface area (TPSA) is 63.3 Å². The lowest BCUT2D eigenvalue weighted by Gasteiger charge is -2.19. The standard InChI is InChI=1S/C17H22N4S/c1-11-12(2)22-16(20-11)10-19-17(18)21-15-9-5-7-13-6-3-4-8-14(13)15/h5,7,9H,3-4,6,8,10H2,1-2H3,(H3,18,19,21). The van der Waals surface area contributed by atoms with Crippen LogP contribution < -0.4 is 11.1 Å². The summed E-state index contributed by atoms with van der Waals surface area (Å²) in [5.41, 5.74) is 11.1. The Morgan fingerprint density at radius 1 is 1.32 bits per heavy atom. The van der Waals surface area contributed by atoms with E-state index in [1.807, 2.05) is 6.92 Å². The minimum atomic E-state index is 0.462. The van der Waals surface area contributed by atoms with Crippen LogP contribution >= 0.6 is 11.3 Å². The van der Waals surface area contributed by atoms with Crippen molar-refractivity contribution in [3.63, 3.8) is 0 Å². The number of aryl methyl sites for hydroxylation is 3. The highest BCUT2D eigenvalue weighted by atomic mass is 32.1. The van der Waals surface area contributed by atoms with Crippen LogP contribution in [0.3, 0.4) is 0 Å². The summed E-state index contributed by atoms with van der Waals surface area (Å²) in [5, 5.41) is 4.28. The molecule has 3 rings (SSSR count). The monoisotopic (exact) mass is 314 g/mol. The van der Waals surface area contributed by atoms with Crippen LogP contribution in [0, 0.1) is 13.8 Å². The van der Waals surface area contributed by atoms with Gasteiger partial charge in [-0.05, 0) is 56.7 Å². The van der Waals surface area contributed by atoms with Crippen molar-refractivity contribution in [3.8, 4) is 0 Å². The number of aliphatic imine (C=N–C) groups is 1. The number of thiazole rings is 1. The fraction of sp³-hybridized carbons (Fsp3) is 0.412. The molecule has 5 heteroatoms. The molecule has 3 N–H and O–H groups in total. The molecule has 1 aromatic heterocycles. The van der Waals surface area contributed by atoms with Gasteiger partial charge >= 0.3 is 0 Å². The van der Waals surface area contributed by atoms with E-state index in [0.29, 0.717) is 12.5 Å². The van der Waals surface area contributed by atoms with Gasteiger partial charge in [0.05, 0.1) is 12.2 Å². The average Bonchev–Trinajstić information content (AvgIpc) is 2.84. The van der Waals surface area contributed by atoms with E-state index >= 15 is 0 Å². The van der Waals surface area contributed by atoms with E-state index in [1.54, 1.807) is 11.3 Å². The summed E-state index contributed by atoms with van der Waals surface area (Å²) in [6, 6.07) is 6.39. The quantitative estimate of drug-likeness (QED) is 0.672. The van der Waals surface area contributed by atoms with E-state index in [9.17, 15) is 0 Å². The maximum Gasteiger partial charge on any atom is 0.193 e. The SMILES string of the molecule is Cc1nc(CN=C(N)Nc2cccc3c2CCCC3)sc1C. The number of hydrogen-bond acceptors (Lipinski definition) is 3. The molecule has 0 saturated heterocycles. The molecule has 22 heavy (non-hydrogen) atoms.